The number of carbonyl (C=O) groups is 2. The van der Waals surface area contributed by atoms with Crippen LogP contribution in [-0.4, -0.2) is 82.9 Å². The van der Waals surface area contributed by atoms with E-state index in [9.17, 15) is 9.59 Å². The summed E-state index contributed by atoms with van der Waals surface area (Å²) in [5, 5.41) is 10.8. The third kappa shape index (κ3) is 14.0. The number of hydrogen-bond donors (Lipinski definition) is 1. The van der Waals surface area contributed by atoms with Crippen molar-refractivity contribution in [1.29, 1.82) is 0 Å². The van der Waals surface area contributed by atoms with Crippen LogP contribution in [0.15, 0.2) is 84.9 Å². The van der Waals surface area contributed by atoms with Crippen LogP contribution in [0, 0.1) is 0 Å². The van der Waals surface area contributed by atoms with Gasteiger partial charge in [0.1, 0.15) is 17.1 Å². The highest BCUT2D eigenvalue weighted by atomic mass is 35.5. The van der Waals surface area contributed by atoms with Crippen molar-refractivity contribution in [1.82, 2.24) is 9.80 Å². The second kappa shape index (κ2) is 20.5. The molecule has 2 aliphatic rings. The number of hydrogen-bond acceptors (Lipinski definition) is 9. The van der Waals surface area contributed by atoms with Crippen molar-refractivity contribution in [3.63, 3.8) is 0 Å². The summed E-state index contributed by atoms with van der Waals surface area (Å²) in [6.07, 6.45) is 0.225. The summed E-state index contributed by atoms with van der Waals surface area (Å²) in [4.78, 5) is 27.5. The number of benzene rings is 4. The van der Waals surface area contributed by atoms with Gasteiger partial charge in [-0.15, -0.1) is 0 Å². The van der Waals surface area contributed by atoms with Crippen LogP contribution in [0.5, 0.6) is 23.0 Å². The molecule has 4 aromatic rings. The Morgan fingerprint density at radius 1 is 0.717 bits per heavy atom. The third-order valence-electron chi connectivity index (χ3n) is 9.80. The van der Waals surface area contributed by atoms with Crippen molar-refractivity contribution < 1.29 is 38.4 Å². The Morgan fingerprint density at radius 2 is 1.20 bits per heavy atom. The van der Waals surface area contributed by atoms with Gasteiger partial charge in [0.15, 0.2) is 11.5 Å². The van der Waals surface area contributed by atoms with Crippen LogP contribution in [0.1, 0.15) is 84.6 Å². The number of para-hydroxylation sites is 2. The molecular weight excluding hydrogens is 850 g/mol. The number of morpholine rings is 2. The number of aliphatic carboxylic acids is 1. The second-order valence-electron chi connectivity index (χ2n) is 17.1. The quantitative estimate of drug-likeness (QED) is 0.138. The fraction of sp³-hybridized carbons (Fsp3) is 0.435. The number of nitrogens with zero attached hydrogens (tertiary/aromatic N) is 2. The number of halogens is 4. The molecule has 0 spiro atoms. The van der Waals surface area contributed by atoms with Crippen molar-refractivity contribution in [2.24, 2.45) is 0 Å². The highest BCUT2D eigenvalue weighted by Crippen LogP contribution is 2.39. The summed E-state index contributed by atoms with van der Waals surface area (Å²) in [6, 6.07) is 25.8. The maximum atomic E-state index is 12.2. The van der Waals surface area contributed by atoms with E-state index in [1.807, 2.05) is 83.1 Å². The minimum absolute atomic E-state index is 0.0976. The Hall–Kier alpha value is -3.58. The topological polar surface area (TPSA) is 107 Å². The molecule has 0 bridgehead atoms. The van der Waals surface area contributed by atoms with Crippen molar-refractivity contribution in [3.8, 4) is 23.0 Å². The molecule has 2 fully saturated rings. The monoisotopic (exact) mass is 902 g/mol. The van der Waals surface area contributed by atoms with E-state index in [0.29, 0.717) is 88.8 Å². The molecule has 2 saturated heterocycles. The first-order valence-electron chi connectivity index (χ1n) is 19.8. The van der Waals surface area contributed by atoms with Gasteiger partial charge < -0.3 is 28.8 Å². The SMILES string of the molecule is CC(C)(C)OC(=O)CCN1CC(c2ccc(Oc3c(Cl)cccc3Cl)cc2)OCC1(C)C.CC1(C)CN(CCC(=O)O)CC(c2ccc(Oc3c(Cl)cccc3Cl)cc2)O1. The van der Waals surface area contributed by atoms with Crippen molar-refractivity contribution in [3.05, 3.63) is 116 Å². The Bertz CT molecular complexity index is 2030. The predicted molar refractivity (Wildman–Crippen MR) is 237 cm³/mol. The molecule has 6 rings (SSSR count). The lowest BCUT2D eigenvalue weighted by Crippen LogP contribution is -2.54. The number of esters is 1. The Labute approximate surface area is 373 Å². The molecule has 10 nitrogen and oxygen atoms in total. The molecule has 0 aliphatic carbocycles. The lowest BCUT2D eigenvalue weighted by molar-refractivity contribution is -0.157. The number of carboxylic acids is 1. The van der Waals surface area contributed by atoms with Gasteiger partial charge in [0, 0.05) is 38.3 Å². The summed E-state index contributed by atoms with van der Waals surface area (Å²) >= 11 is 24.7. The van der Waals surface area contributed by atoms with Gasteiger partial charge >= 0.3 is 11.9 Å². The first kappa shape index (κ1) is 47.5. The Balaban J connectivity index is 0.000000230. The molecule has 0 aromatic heterocycles. The number of ether oxygens (including phenoxy) is 5. The van der Waals surface area contributed by atoms with Gasteiger partial charge in [-0.3, -0.25) is 19.4 Å². The molecule has 0 saturated carbocycles. The first-order chi connectivity index (χ1) is 28.2. The van der Waals surface area contributed by atoms with Crippen LogP contribution in [0.4, 0.5) is 0 Å². The fourth-order valence-electron chi connectivity index (χ4n) is 6.90. The lowest BCUT2D eigenvalue weighted by Gasteiger charge is -2.45. The fourth-order valence-corrected chi connectivity index (χ4v) is 7.85. The highest BCUT2D eigenvalue weighted by molar-refractivity contribution is 6.37. The zero-order chi connectivity index (χ0) is 43.8. The molecule has 2 unspecified atom stereocenters. The molecular formula is C46H54Cl4N2O8. The van der Waals surface area contributed by atoms with E-state index in [1.54, 1.807) is 36.4 Å². The maximum Gasteiger partial charge on any atom is 0.307 e. The molecule has 2 heterocycles. The second-order valence-corrected chi connectivity index (χ2v) is 18.7. The predicted octanol–water partition coefficient (Wildman–Crippen LogP) is 12.1. The molecule has 0 radical (unpaired) electrons. The standard InChI is InChI=1S/C25H31Cl2NO4.C21H23Cl2NO4/c1-24(2,3)32-22(29)13-14-28-15-21(30-16-25(28,4)5)17-9-11-18(12-10-17)31-23-19(26)7-6-8-20(23)27;1-21(2)13-24(11-10-19(25)26)12-18(28-21)14-6-8-15(9-7-14)27-20-16(22)4-3-5-17(20)23/h6-12,21H,13-16H2,1-5H3;3-9,18H,10-13H2,1-2H3,(H,25,26). The van der Waals surface area contributed by atoms with Crippen LogP contribution in [-0.2, 0) is 23.8 Å². The number of carboxylic acid groups (broad SMARTS) is 1. The minimum Gasteiger partial charge on any atom is -0.481 e. The molecule has 1 N–H and O–H groups in total. The number of rotatable bonds is 12. The molecule has 2 aliphatic heterocycles. The zero-order valence-corrected chi connectivity index (χ0v) is 38.1. The highest BCUT2D eigenvalue weighted by Gasteiger charge is 2.36. The van der Waals surface area contributed by atoms with Gasteiger partial charge in [0.25, 0.3) is 0 Å². The van der Waals surface area contributed by atoms with Crippen LogP contribution in [0.3, 0.4) is 0 Å². The van der Waals surface area contributed by atoms with Gasteiger partial charge in [0.05, 0.1) is 57.3 Å². The minimum atomic E-state index is -0.791. The van der Waals surface area contributed by atoms with E-state index in [-0.39, 0.29) is 35.7 Å². The summed E-state index contributed by atoms with van der Waals surface area (Å²) < 4.78 is 29.5. The molecule has 4 aromatic carbocycles. The van der Waals surface area contributed by atoms with E-state index < -0.39 is 11.6 Å². The molecule has 60 heavy (non-hydrogen) atoms. The van der Waals surface area contributed by atoms with Crippen molar-refractivity contribution in [2.45, 2.75) is 90.3 Å². The van der Waals surface area contributed by atoms with Crippen LogP contribution in [0.2, 0.25) is 20.1 Å². The van der Waals surface area contributed by atoms with Crippen LogP contribution in [0.25, 0.3) is 0 Å². The summed E-state index contributed by atoms with van der Waals surface area (Å²) in [7, 11) is 0. The van der Waals surface area contributed by atoms with Crippen LogP contribution >= 0.6 is 46.4 Å². The van der Waals surface area contributed by atoms with Gasteiger partial charge in [-0.1, -0.05) is 82.8 Å². The Kier molecular flexibility index (Phi) is 16.2. The van der Waals surface area contributed by atoms with E-state index in [1.165, 1.54) is 0 Å². The smallest absolute Gasteiger partial charge is 0.307 e. The summed E-state index contributed by atoms with van der Waals surface area (Å²) in [6.45, 7) is 17.7. The average Bonchev–Trinajstić information content (AvgIpc) is 3.16. The first-order valence-corrected chi connectivity index (χ1v) is 21.3. The lowest BCUT2D eigenvalue weighted by atomic mass is 9.97. The van der Waals surface area contributed by atoms with Gasteiger partial charge in [-0.05, 0) is 108 Å². The maximum absolute atomic E-state index is 12.2. The van der Waals surface area contributed by atoms with E-state index in [2.05, 4.69) is 23.6 Å². The normalized spacial score (nSPS) is 19.1. The largest absolute Gasteiger partial charge is 0.481 e. The van der Waals surface area contributed by atoms with Crippen molar-refractivity contribution >= 4 is 58.3 Å². The van der Waals surface area contributed by atoms with Crippen molar-refractivity contribution in [2.75, 3.05) is 39.3 Å². The summed E-state index contributed by atoms with van der Waals surface area (Å²) in [5.41, 5.74) is 1.05. The van der Waals surface area contributed by atoms with Crippen LogP contribution < -0.4 is 9.47 Å². The van der Waals surface area contributed by atoms with Gasteiger partial charge in [-0.25, -0.2) is 0 Å². The number of carbonyl (C=O) groups excluding carboxylic acids is 1. The van der Waals surface area contributed by atoms with E-state index in [4.69, 9.17) is 75.2 Å². The van der Waals surface area contributed by atoms with E-state index >= 15 is 0 Å². The van der Waals surface area contributed by atoms with Gasteiger partial charge in [-0.2, -0.15) is 0 Å². The Morgan fingerprint density at radius 3 is 1.67 bits per heavy atom. The summed E-state index contributed by atoms with van der Waals surface area (Å²) in [5.74, 6) is 1.15. The molecule has 0 amide bonds. The van der Waals surface area contributed by atoms with E-state index in [0.717, 1.165) is 11.1 Å². The average molecular weight is 905 g/mol. The third-order valence-corrected chi connectivity index (χ3v) is 11.0. The zero-order valence-electron chi connectivity index (χ0n) is 35.1. The molecule has 324 valence electrons. The molecule has 2 atom stereocenters. The van der Waals surface area contributed by atoms with Gasteiger partial charge in [0.2, 0.25) is 0 Å². The molecule has 14 heteroatoms.